The molecule has 2 N–H and O–H groups in total. The first-order chi connectivity index (χ1) is 17.2. The van der Waals surface area contributed by atoms with E-state index in [9.17, 15) is 0 Å². The Morgan fingerprint density at radius 2 is 1.83 bits per heavy atom. The fraction of sp³-hybridized carbons (Fsp3) is 0.423. The zero-order chi connectivity index (χ0) is 25.9. The molecular weight excluding hydrogens is 456 g/mol. The number of methoxy groups -OCH3 is 2. The molecule has 0 amide bonds. The minimum absolute atomic E-state index is 0.104. The highest BCUT2D eigenvalue weighted by Crippen LogP contribution is 2.32. The molecule has 0 unspecified atom stereocenters. The molecule has 3 heterocycles. The van der Waals surface area contributed by atoms with E-state index < -0.39 is 0 Å². The average Bonchev–Trinajstić information content (AvgIpc) is 3.21. The van der Waals surface area contributed by atoms with Crippen molar-refractivity contribution in [1.82, 2.24) is 29.7 Å². The normalized spacial score (nSPS) is 11.6. The van der Waals surface area contributed by atoms with Gasteiger partial charge in [0.15, 0.2) is 11.6 Å². The molecule has 36 heavy (non-hydrogen) atoms. The van der Waals surface area contributed by atoms with Crippen molar-refractivity contribution < 1.29 is 9.47 Å². The molecule has 3 aromatic heterocycles. The van der Waals surface area contributed by atoms with Crippen molar-refractivity contribution in [3.05, 3.63) is 42.0 Å². The third-order valence-electron chi connectivity index (χ3n) is 5.64. The van der Waals surface area contributed by atoms with Crippen LogP contribution in [0.1, 0.15) is 32.3 Å². The number of rotatable bonds is 9. The molecule has 4 rings (SSSR count). The molecule has 0 aliphatic rings. The lowest BCUT2D eigenvalue weighted by molar-refractivity contribution is 0.187. The minimum Gasteiger partial charge on any atom is -0.495 e. The van der Waals surface area contributed by atoms with E-state index >= 15 is 0 Å². The maximum absolute atomic E-state index is 5.69. The number of ether oxygens (including phenoxy) is 2. The summed E-state index contributed by atoms with van der Waals surface area (Å²) in [5.74, 6) is 3.43. The molecule has 0 spiro atoms. The number of nitrogens with zero attached hydrogens (tertiary/aromatic N) is 6. The van der Waals surface area contributed by atoms with Crippen molar-refractivity contribution in [3.63, 3.8) is 0 Å². The lowest BCUT2D eigenvalue weighted by Gasteiger charge is -2.20. The second-order valence-electron chi connectivity index (χ2n) is 9.91. The molecule has 0 aliphatic carbocycles. The van der Waals surface area contributed by atoms with Gasteiger partial charge in [-0.15, -0.1) is 10.2 Å². The van der Waals surface area contributed by atoms with Crippen molar-refractivity contribution in [2.45, 2.75) is 41.2 Å². The summed E-state index contributed by atoms with van der Waals surface area (Å²) in [5, 5.41) is 16.3. The largest absolute Gasteiger partial charge is 0.495 e. The number of hydrogen-bond acceptors (Lipinski definition) is 9. The topological polar surface area (TPSA) is 112 Å². The van der Waals surface area contributed by atoms with Gasteiger partial charge in [-0.05, 0) is 43.5 Å². The van der Waals surface area contributed by atoms with Gasteiger partial charge in [0.1, 0.15) is 17.1 Å². The van der Waals surface area contributed by atoms with Crippen LogP contribution in [0.25, 0.3) is 22.3 Å². The first-order valence-corrected chi connectivity index (χ1v) is 11.9. The second kappa shape index (κ2) is 10.4. The van der Waals surface area contributed by atoms with Gasteiger partial charge in [0.25, 0.3) is 0 Å². The van der Waals surface area contributed by atoms with Crippen molar-refractivity contribution in [3.8, 4) is 17.1 Å². The summed E-state index contributed by atoms with van der Waals surface area (Å²) in [6.07, 6.45) is 1.81. The minimum atomic E-state index is 0.104. The quantitative estimate of drug-likeness (QED) is 0.343. The Morgan fingerprint density at radius 3 is 2.56 bits per heavy atom. The predicted octanol–water partition coefficient (Wildman–Crippen LogP) is 4.76. The standard InChI is InChI=1S/C26H34N8O2/c1-16-12-19-14-27-25(31-22(19)23(29-16)28-15-26(3,4)5)30-20-9-8-18(13-21(20)36-7)24-33-32-17(2)34(24)10-11-35-6/h8-9,12-14H,10-11,15H2,1-7H3,(H,28,29)(H,27,30,31). The predicted molar refractivity (Wildman–Crippen MR) is 142 cm³/mol. The van der Waals surface area contributed by atoms with E-state index in [1.54, 1.807) is 14.2 Å². The Hall–Kier alpha value is -3.79. The molecule has 0 saturated heterocycles. The van der Waals surface area contributed by atoms with Crippen LogP contribution in [0.2, 0.25) is 0 Å². The van der Waals surface area contributed by atoms with E-state index in [1.165, 1.54) is 0 Å². The first-order valence-electron chi connectivity index (χ1n) is 11.9. The van der Waals surface area contributed by atoms with Crippen molar-refractivity contribution in [1.29, 1.82) is 0 Å². The SMILES string of the molecule is COCCn1c(C)nnc1-c1ccc(Nc2ncc3cc(C)nc(NCC(C)(C)C)c3n2)c(OC)c1. The summed E-state index contributed by atoms with van der Waals surface area (Å²) in [6, 6.07) is 7.81. The van der Waals surface area contributed by atoms with E-state index in [-0.39, 0.29) is 5.41 Å². The smallest absolute Gasteiger partial charge is 0.227 e. The van der Waals surface area contributed by atoms with Gasteiger partial charge in [0.2, 0.25) is 5.95 Å². The Labute approximate surface area is 211 Å². The molecule has 4 aromatic rings. The highest BCUT2D eigenvalue weighted by Gasteiger charge is 2.16. The number of fused-ring (bicyclic) bond motifs is 1. The van der Waals surface area contributed by atoms with E-state index in [4.69, 9.17) is 14.5 Å². The van der Waals surface area contributed by atoms with Gasteiger partial charge in [-0.25, -0.2) is 15.0 Å². The van der Waals surface area contributed by atoms with Gasteiger partial charge < -0.3 is 24.7 Å². The van der Waals surface area contributed by atoms with E-state index in [1.807, 2.05) is 48.9 Å². The lowest BCUT2D eigenvalue weighted by Crippen LogP contribution is -2.20. The number of anilines is 3. The number of nitrogens with one attached hydrogen (secondary N) is 2. The van der Waals surface area contributed by atoms with Crippen LogP contribution in [0.5, 0.6) is 5.75 Å². The van der Waals surface area contributed by atoms with E-state index in [0.29, 0.717) is 24.8 Å². The molecule has 0 radical (unpaired) electrons. The number of pyridine rings is 1. The van der Waals surface area contributed by atoms with Crippen LogP contribution >= 0.6 is 0 Å². The Balaban J connectivity index is 1.65. The number of hydrogen-bond donors (Lipinski definition) is 2. The Morgan fingerprint density at radius 1 is 1.03 bits per heavy atom. The van der Waals surface area contributed by atoms with Crippen LogP contribution in [-0.4, -0.2) is 57.1 Å². The number of aryl methyl sites for hydroxylation is 2. The lowest BCUT2D eigenvalue weighted by atomic mass is 9.97. The monoisotopic (exact) mass is 490 g/mol. The third kappa shape index (κ3) is 5.71. The maximum Gasteiger partial charge on any atom is 0.227 e. The molecule has 0 fully saturated rings. The van der Waals surface area contributed by atoms with Crippen LogP contribution in [0.3, 0.4) is 0 Å². The summed E-state index contributed by atoms with van der Waals surface area (Å²) in [7, 11) is 3.31. The molecule has 10 heteroatoms. The zero-order valence-corrected chi connectivity index (χ0v) is 22.0. The van der Waals surface area contributed by atoms with Crippen LogP contribution in [0.4, 0.5) is 17.5 Å². The van der Waals surface area contributed by atoms with Crippen molar-refractivity contribution in [2.75, 3.05) is 38.0 Å². The summed E-state index contributed by atoms with van der Waals surface area (Å²) < 4.78 is 12.9. The van der Waals surface area contributed by atoms with Gasteiger partial charge in [-0.2, -0.15) is 0 Å². The van der Waals surface area contributed by atoms with E-state index in [0.717, 1.165) is 51.9 Å². The summed E-state index contributed by atoms with van der Waals surface area (Å²) in [4.78, 5) is 14.0. The third-order valence-corrected chi connectivity index (χ3v) is 5.64. The summed E-state index contributed by atoms with van der Waals surface area (Å²) in [5.41, 5.74) is 3.41. The van der Waals surface area contributed by atoms with Gasteiger partial charge in [0, 0.05) is 43.0 Å². The molecule has 0 aliphatic heterocycles. The maximum atomic E-state index is 5.69. The molecular formula is C26H34N8O2. The zero-order valence-electron chi connectivity index (χ0n) is 22.0. The molecule has 0 bridgehead atoms. The Bertz CT molecular complexity index is 1360. The summed E-state index contributed by atoms with van der Waals surface area (Å²) in [6.45, 7) is 12.4. The molecule has 10 nitrogen and oxygen atoms in total. The van der Waals surface area contributed by atoms with Crippen LogP contribution in [0, 0.1) is 19.3 Å². The van der Waals surface area contributed by atoms with Crippen LogP contribution in [0.15, 0.2) is 30.5 Å². The average molecular weight is 491 g/mol. The van der Waals surface area contributed by atoms with Gasteiger partial charge >= 0.3 is 0 Å². The first kappa shape index (κ1) is 25.3. The number of aromatic nitrogens is 6. The van der Waals surface area contributed by atoms with Crippen LogP contribution in [-0.2, 0) is 11.3 Å². The fourth-order valence-corrected chi connectivity index (χ4v) is 3.80. The van der Waals surface area contributed by atoms with Crippen LogP contribution < -0.4 is 15.4 Å². The molecule has 1 aromatic carbocycles. The highest BCUT2D eigenvalue weighted by atomic mass is 16.5. The highest BCUT2D eigenvalue weighted by molar-refractivity contribution is 5.89. The number of benzene rings is 1. The Kier molecular flexibility index (Phi) is 7.35. The van der Waals surface area contributed by atoms with Crippen molar-refractivity contribution in [2.24, 2.45) is 5.41 Å². The van der Waals surface area contributed by atoms with Crippen molar-refractivity contribution >= 4 is 28.4 Å². The second-order valence-corrected chi connectivity index (χ2v) is 9.91. The molecule has 190 valence electrons. The van der Waals surface area contributed by atoms with E-state index in [2.05, 4.69) is 51.6 Å². The molecule has 0 saturated carbocycles. The van der Waals surface area contributed by atoms with Gasteiger partial charge in [-0.1, -0.05) is 20.8 Å². The van der Waals surface area contributed by atoms with Gasteiger partial charge in [-0.3, -0.25) is 0 Å². The van der Waals surface area contributed by atoms with Gasteiger partial charge in [0.05, 0.1) is 19.4 Å². The summed E-state index contributed by atoms with van der Waals surface area (Å²) >= 11 is 0. The molecule has 0 atom stereocenters. The fourth-order valence-electron chi connectivity index (χ4n) is 3.80.